The Balaban J connectivity index is 1.78. The van der Waals surface area contributed by atoms with Crippen LogP contribution in [0.2, 0.25) is 5.02 Å². The first-order valence-electron chi connectivity index (χ1n) is 6.81. The fourth-order valence-electron chi connectivity index (χ4n) is 2.70. The van der Waals surface area contributed by atoms with Gasteiger partial charge in [0.15, 0.2) is 0 Å². The molecule has 6 heteroatoms. The van der Waals surface area contributed by atoms with E-state index in [1.54, 1.807) is 17.5 Å². The smallest absolute Gasteiger partial charge is 0.210 e. The van der Waals surface area contributed by atoms with E-state index >= 15 is 0 Å². The van der Waals surface area contributed by atoms with Crippen LogP contribution in [0.5, 0.6) is 0 Å². The standard InChI is InChI=1S/C15H16ClNO2S2/c16-13-6-4-12(5-7-13)15(8-2-9-15)11-17-21(18,19)14-3-1-10-20-14/h1,3-7,10,17H,2,8-9,11H2. The van der Waals surface area contributed by atoms with Gasteiger partial charge in [-0.25, -0.2) is 13.1 Å². The van der Waals surface area contributed by atoms with Gasteiger partial charge in [-0.3, -0.25) is 0 Å². The molecule has 0 unspecified atom stereocenters. The Labute approximate surface area is 134 Å². The molecule has 1 aliphatic carbocycles. The molecule has 1 aromatic heterocycles. The predicted octanol–water partition coefficient (Wildman–Crippen LogP) is 3.80. The highest BCUT2D eigenvalue weighted by atomic mass is 35.5. The number of sulfonamides is 1. The second-order valence-electron chi connectivity index (χ2n) is 5.40. The van der Waals surface area contributed by atoms with Crippen LogP contribution in [0.25, 0.3) is 0 Å². The number of benzene rings is 1. The lowest BCUT2D eigenvalue weighted by atomic mass is 9.64. The van der Waals surface area contributed by atoms with Crippen molar-refractivity contribution in [2.75, 3.05) is 6.54 Å². The Morgan fingerprint density at radius 1 is 1.19 bits per heavy atom. The number of hydrogen-bond donors (Lipinski definition) is 1. The van der Waals surface area contributed by atoms with Gasteiger partial charge in [0.1, 0.15) is 4.21 Å². The third-order valence-corrected chi connectivity index (χ3v) is 7.18. The molecule has 0 spiro atoms. The van der Waals surface area contributed by atoms with Crippen LogP contribution in [0.3, 0.4) is 0 Å². The van der Waals surface area contributed by atoms with Crippen LogP contribution in [0, 0.1) is 0 Å². The molecule has 1 heterocycles. The van der Waals surface area contributed by atoms with E-state index < -0.39 is 10.0 Å². The molecule has 0 atom stereocenters. The minimum atomic E-state index is -3.40. The van der Waals surface area contributed by atoms with E-state index in [2.05, 4.69) is 4.72 Å². The molecule has 0 radical (unpaired) electrons. The zero-order chi connectivity index (χ0) is 14.9. The zero-order valence-electron chi connectivity index (χ0n) is 11.4. The number of thiophene rings is 1. The van der Waals surface area contributed by atoms with Gasteiger partial charge in [-0.2, -0.15) is 0 Å². The van der Waals surface area contributed by atoms with Gasteiger partial charge in [-0.05, 0) is 42.0 Å². The van der Waals surface area contributed by atoms with Gasteiger partial charge >= 0.3 is 0 Å². The van der Waals surface area contributed by atoms with Crippen molar-refractivity contribution in [1.82, 2.24) is 4.72 Å². The van der Waals surface area contributed by atoms with E-state index in [9.17, 15) is 8.42 Å². The first-order valence-corrected chi connectivity index (χ1v) is 9.55. The number of halogens is 1. The monoisotopic (exact) mass is 341 g/mol. The van der Waals surface area contributed by atoms with Crippen LogP contribution in [0.4, 0.5) is 0 Å². The van der Waals surface area contributed by atoms with E-state index in [-0.39, 0.29) is 5.41 Å². The van der Waals surface area contributed by atoms with Gasteiger partial charge in [0.25, 0.3) is 0 Å². The Morgan fingerprint density at radius 2 is 1.90 bits per heavy atom. The zero-order valence-corrected chi connectivity index (χ0v) is 13.8. The van der Waals surface area contributed by atoms with E-state index in [4.69, 9.17) is 11.6 Å². The largest absolute Gasteiger partial charge is 0.250 e. The molecule has 1 N–H and O–H groups in total. The molecule has 21 heavy (non-hydrogen) atoms. The minimum absolute atomic E-state index is 0.0884. The summed E-state index contributed by atoms with van der Waals surface area (Å²) in [6.07, 6.45) is 3.13. The summed E-state index contributed by atoms with van der Waals surface area (Å²) in [4.78, 5) is 0. The van der Waals surface area contributed by atoms with Gasteiger partial charge in [0, 0.05) is 17.0 Å². The molecule has 0 aliphatic heterocycles. The summed E-state index contributed by atoms with van der Waals surface area (Å²) >= 11 is 7.17. The van der Waals surface area contributed by atoms with Gasteiger partial charge in [-0.1, -0.05) is 36.2 Å². The highest BCUT2D eigenvalue weighted by Gasteiger charge is 2.39. The molecule has 0 amide bonds. The lowest BCUT2D eigenvalue weighted by molar-refractivity contribution is 0.245. The van der Waals surface area contributed by atoms with Crippen molar-refractivity contribution >= 4 is 33.0 Å². The summed E-state index contributed by atoms with van der Waals surface area (Å²) in [5.74, 6) is 0. The molecule has 0 saturated heterocycles. The summed E-state index contributed by atoms with van der Waals surface area (Å²) in [5.41, 5.74) is 1.07. The highest BCUT2D eigenvalue weighted by Crippen LogP contribution is 2.43. The second kappa shape index (κ2) is 5.72. The highest BCUT2D eigenvalue weighted by molar-refractivity contribution is 7.91. The molecule has 2 aromatic rings. The predicted molar refractivity (Wildman–Crippen MR) is 86.5 cm³/mol. The summed E-state index contributed by atoms with van der Waals surface area (Å²) < 4.78 is 27.6. The van der Waals surface area contributed by atoms with Crippen LogP contribution in [0.1, 0.15) is 24.8 Å². The summed E-state index contributed by atoms with van der Waals surface area (Å²) in [6, 6.07) is 11.1. The van der Waals surface area contributed by atoms with Gasteiger partial charge in [-0.15, -0.1) is 11.3 Å². The lowest BCUT2D eigenvalue weighted by Crippen LogP contribution is -2.45. The van der Waals surface area contributed by atoms with E-state index in [0.29, 0.717) is 15.8 Å². The molecule has 1 fully saturated rings. The van der Waals surface area contributed by atoms with Crippen molar-refractivity contribution in [1.29, 1.82) is 0 Å². The van der Waals surface area contributed by atoms with E-state index in [1.165, 1.54) is 11.3 Å². The number of hydrogen-bond acceptors (Lipinski definition) is 3. The number of rotatable bonds is 5. The first kappa shape index (κ1) is 15.0. The van der Waals surface area contributed by atoms with Gasteiger partial charge in [0.05, 0.1) is 0 Å². The third kappa shape index (κ3) is 3.01. The van der Waals surface area contributed by atoms with Crippen molar-refractivity contribution in [2.24, 2.45) is 0 Å². The third-order valence-electron chi connectivity index (χ3n) is 4.13. The van der Waals surface area contributed by atoms with Crippen molar-refractivity contribution in [2.45, 2.75) is 28.9 Å². The number of nitrogens with one attached hydrogen (secondary N) is 1. The van der Waals surface area contributed by atoms with Gasteiger partial charge in [0.2, 0.25) is 10.0 Å². The fraction of sp³-hybridized carbons (Fsp3) is 0.333. The second-order valence-corrected chi connectivity index (χ2v) is 8.78. The molecule has 112 valence electrons. The van der Waals surface area contributed by atoms with Crippen molar-refractivity contribution in [3.8, 4) is 0 Å². The maximum absolute atomic E-state index is 12.2. The maximum Gasteiger partial charge on any atom is 0.250 e. The summed E-state index contributed by atoms with van der Waals surface area (Å²) in [6.45, 7) is 0.439. The molecule has 1 aliphatic rings. The average molecular weight is 342 g/mol. The van der Waals surface area contributed by atoms with Crippen LogP contribution in [0.15, 0.2) is 46.0 Å². The molecule has 3 rings (SSSR count). The van der Waals surface area contributed by atoms with Crippen molar-refractivity contribution in [3.63, 3.8) is 0 Å². The Hall–Kier alpha value is -0.880. The van der Waals surface area contributed by atoms with E-state index in [1.807, 2.05) is 24.3 Å². The average Bonchev–Trinajstić information content (AvgIpc) is 2.94. The summed E-state index contributed by atoms with van der Waals surface area (Å²) in [7, 11) is -3.40. The topological polar surface area (TPSA) is 46.2 Å². The molecule has 3 nitrogen and oxygen atoms in total. The molecular formula is C15H16ClNO2S2. The molecule has 1 aromatic carbocycles. The first-order chi connectivity index (χ1) is 10.0. The SMILES string of the molecule is O=S(=O)(NCC1(c2ccc(Cl)cc2)CCC1)c1cccs1. The van der Waals surface area contributed by atoms with Crippen molar-refractivity contribution < 1.29 is 8.42 Å². The normalized spacial score (nSPS) is 17.4. The van der Waals surface area contributed by atoms with Crippen LogP contribution >= 0.6 is 22.9 Å². The Bertz CT molecular complexity index is 705. The van der Waals surface area contributed by atoms with Crippen LogP contribution in [-0.2, 0) is 15.4 Å². The quantitative estimate of drug-likeness (QED) is 0.899. The van der Waals surface area contributed by atoms with Crippen LogP contribution < -0.4 is 4.72 Å². The Morgan fingerprint density at radius 3 is 2.43 bits per heavy atom. The maximum atomic E-state index is 12.2. The molecular weight excluding hydrogens is 326 g/mol. The van der Waals surface area contributed by atoms with Gasteiger partial charge < -0.3 is 0 Å². The molecule has 1 saturated carbocycles. The fourth-order valence-corrected chi connectivity index (χ4v) is 4.99. The lowest BCUT2D eigenvalue weighted by Gasteiger charge is -2.42. The van der Waals surface area contributed by atoms with E-state index in [0.717, 1.165) is 24.8 Å². The minimum Gasteiger partial charge on any atom is -0.210 e. The van der Waals surface area contributed by atoms with Crippen LogP contribution in [-0.4, -0.2) is 15.0 Å². The Kier molecular flexibility index (Phi) is 4.10. The molecule has 0 bridgehead atoms. The van der Waals surface area contributed by atoms with Crippen molar-refractivity contribution in [3.05, 3.63) is 52.4 Å². The summed E-state index contributed by atoms with van der Waals surface area (Å²) in [5, 5.41) is 2.47.